The van der Waals surface area contributed by atoms with E-state index in [2.05, 4.69) is 5.32 Å². The van der Waals surface area contributed by atoms with E-state index >= 15 is 0 Å². The third-order valence-corrected chi connectivity index (χ3v) is 2.80. The van der Waals surface area contributed by atoms with Crippen LogP contribution in [0, 0.1) is 0 Å². The Morgan fingerprint density at radius 2 is 2.10 bits per heavy atom. The predicted molar refractivity (Wildman–Crippen MR) is 73.3 cm³/mol. The van der Waals surface area contributed by atoms with Crippen LogP contribution in [0.4, 0.5) is 0 Å². The minimum Gasteiger partial charge on any atom is -0.497 e. The van der Waals surface area contributed by atoms with E-state index in [1.165, 1.54) is 25.3 Å². The average Bonchev–Trinajstić information content (AvgIpc) is 2.44. The van der Waals surface area contributed by atoms with Crippen LogP contribution < -0.4 is 14.8 Å². The second-order valence-electron chi connectivity index (χ2n) is 4.33. The zero-order valence-corrected chi connectivity index (χ0v) is 11.8. The van der Waals surface area contributed by atoms with Crippen LogP contribution in [0.3, 0.4) is 0 Å². The van der Waals surface area contributed by atoms with Crippen molar-refractivity contribution in [3.8, 4) is 11.5 Å². The first kappa shape index (κ1) is 15.8. The molecule has 0 saturated heterocycles. The van der Waals surface area contributed by atoms with Gasteiger partial charge in [0.05, 0.1) is 7.11 Å². The van der Waals surface area contributed by atoms with Crippen molar-refractivity contribution < 1.29 is 24.2 Å². The van der Waals surface area contributed by atoms with Crippen LogP contribution in [0.25, 0.3) is 0 Å². The molecule has 1 amide bonds. The van der Waals surface area contributed by atoms with E-state index in [4.69, 9.17) is 14.6 Å². The third-order valence-electron chi connectivity index (χ3n) is 2.80. The quantitative estimate of drug-likeness (QED) is 0.794. The van der Waals surface area contributed by atoms with Crippen molar-refractivity contribution in [2.45, 2.75) is 26.3 Å². The number of aromatic carboxylic acids is 1. The number of carbonyl (C=O) groups excluding carboxylic acids is 1. The highest BCUT2D eigenvalue weighted by atomic mass is 16.5. The number of carbonyl (C=O) groups is 2. The number of amides is 1. The third kappa shape index (κ3) is 4.46. The van der Waals surface area contributed by atoms with Crippen molar-refractivity contribution >= 4 is 11.9 Å². The summed E-state index contributed by atoms with van der Waals surface area (Å²) in [7, 11) is 1.47. The van der Waals surface area contributed by atoms with Crippen molar-refractivity contribution in [1.82, 2.24) is 5.32 Å². The maximum absolute atomic E-state index is 11.6. The lowest BCUT2D eigenvalue weighted by atomic mass is 10.2. The Labute approximate surface area is 117 Å². The molecule has 0 spiro atoms. The summed E-state index contributed by atoms with van der Waals surface area (Å²) in [5, 5.41) is 11.8. The second-order valence-corrected chi connectivity index (χ2v) is 4.33. The number of ether oxygens (including phenoxy) is 2. The molecular weight excluding hydrogens is 262 g/mol. The average molecular weight is 281 g/mol. The smallest absolute Gasteiger partial charge is 0.339 e. The van der Waals surface area contributed by atoms with Crippen LogP contribution in [0.2, 0.25) is 0 Å². The summed E-state index contributed by atoms with van der Waals surface area (Å²) in [6, 6.07) is 4.40. The van der Waals surface area contributed by atoms with Crippen molar-refractivity contribution in [2.24, 2.45) is 0 Å². The minimum absolute atomic E-state index is 0.0119. The standard InChI is InChI=1S/C14H19NO5/c1-4-9(2)15-13(16)8-20-12-7-10(19-3)5-6-11(12)14(17)18/h5-7,9H,4,8H2,1-3H3,(H,15,16)(H,17,18)/t9-/m1/s1. The van der Waals surface area contributed by atoms with Crippen LogP contribution in [-0.4, -0.2) is 36.7 Å². The number of hydrogen-bond donors (Lipinski definition) is 2. The summed E-state index contributed by atoms with van der Waals surface area (Å²) in [5.41, 5.74) is -0.0119. The fourth-order valence-corrected chi connectivity index (χ4v) is 1.49. The number of hydrogen-bond acceptors (Lipinski definition) is 4. The molecule has 0 bridgehead atoms. The van der Waals surface area contributed by atoms with E-state index in [1.807, 2.05) is 13.8 Å². The van der Waals surface area contributed by atoms with E-state index < -0.39 is 5.97 Å². The first-order valence-corrected chi connectivity index (χ1v) is 6.31. The number of rotatable bonds is 7. The minimum atomic E-state index is -1.12. The van der Waals surface area contributed by atoms with Crippen LogP contribution in [0.5, 0.6) is 11.5 Å². The molecule has 2 N–H and O–H groups in total. The van der Waals surface area contributed by atoms with Gasteiger partial charge in [-0.15, -0.1) is 0 Å². The lowest BCUT2D eigenvalue weighted by molar-refractivity contribution is -0.123. The van der Waals surface area contributed by atoms with Crippen molar-refractivity contribution in [2.75, 3.05) is 13.7 Å². The Morgan fingerprint density at radius 1 is 1.40 bits per heavy atom. The molecule has 6 heteroatoms. The van der Waals surface area contributed by atoms with E-state index in [0.29, 0.717) is 5.75 Å². The maximum Gasteiger partial charge on any atom is 0.339 e. The highest BCUT2D eigenvalue weighted by molar-refractivity contribution is 5.91. The number of benzene rings is 1. The highest BCUT2D eigenvalue weighted by Crippen LogP contribution is 2.24. The topological polar surface area (TPSA) is 84.9 Å². The van der Waals surface area contributed by atoms with Gasteiger partial charge in [0, 0.05) is 12.1 Å². The molecule has 0 unspecified atom stereocenters. The molecule has 0 aliphatic heterocycles. The summed E-state index contributed by atoms with van der Waals surface area (Å²) in [4.78, 5) is 22.7. The van der Waals surface area contributed by atoms with Gasteiger partial charge in [0.1, 0.15) is 17.1 Å². The molecule has 20 heavy (non-hydrogen) atoms. The molecule has 0 heterocycles. The molecule has 1 atom stereocenters. The maximum atomic E-state index is 11.6. The van der Waals surface area contributed by atoms with Crippen molar-refractivity contribution in [3.05, 3.63) is 23.8 Å². The first-order valence-electron chi connectivity index (χ1n) is 6.31. The van der Waals surface area contributed by atoms with Gasteiger partial charge in [-0.25, -0.2) is 4.79 Å². The monoisotopic (exact) mass is 281 g/mol. The van der Waals surface area contributed by atoms with Crippen LogP contribution in [0.15, 0.2) is 18.2 Å². The molecule has 0 saturated carbocycles. The van der Waals surface area contributed by atoms with Gasteiger partial charge in [0.2, 0.25) is 0 Å². The van der Waals surface area contributed by atoms with E-state index in [1.54, 1.807) is 0 Å². The first-order chi connectivity index (χ1) is 9.47. The fourth-order valence-electron chi connectivity index (χ4n) is 1.49. The largest absolute Gasteiger partial charge is 0.497 e. The summed E-state index contributed by atoms with van der Waals surface area (Å²) in [5.74, 6) is -0.841. The lowest BCUT2D eigenvalue weighted by Crippen LogP contribution is -2.35. The Hall–Kier alpha value is -2.24. The zero-order valence-electron chi connectivity index (χ0n) is 11.8. The molecule has 0 aromatic heterocycles. The van der Waals surface area contributed by atoms with Gasteiger partial charge < -0.3 is 19.9 Å². The molecular formula is C14H19NO5. The molecule has 1 rings (SSSR count). The lowest BCUT2D eigenvalue weighted by Gasteiger charge is -2.13. The van der Waals surface area contributed by atoms with Crippen molar-refractivity contribution in [1.29, 1.82) is 0 Å². The van der Waals surface area contributed by atoms with Gasteiger partial charge >= 0.3 is 5.97 Å². The van der Waals surface area contributed by atoms with Gasteiger partial charge in [-0.2, -0.15) is 0 Å². The Balaban J connectivity index is 2.75. The second kappa shape index (κ2) is 7.37. The number of carboxylic acids is 1. The van der Waals surface area contributed by atoms with Gasteiger partial charge in [0.15, 0.2) is 6.61 Å². The van der Waals surface area contributed by atoms with E-state index in [-0.39, 0.29) is 29.9 Å². The zero-order chi connectivity index (χ0) is 15.1. The van der Waals surface area contributed by atoms with Gasteiger partial charge in [-0.3, -0.25) is 4.79 Å². The molecule has 6 nitrogen and oxygen atoms in total. The van der Waals surface area contributed by atoms with Gasteiger partial charge in [0.25, 0.3) is 5.91 Å². The molecule has 1 aromatic carbocycles. The Morgan fingerprint density at radius 3 is 2.65 bits per heavy atom. The Kier molecular flexibility index (Phi) is 5.83. The molecule has 0 aliphatic carbocycles. The van der Waals surface area contributed by atoms with Crippen molar-refractivity contribution in [3.63, 3.8) is 0 Å². The molecule has 1 aromatic rings. The normalized spacial score (nSPS) is 11.6. The van der Waals surface area contributed by atoms with Crippen LogP contribution in [-0.2, 0) is 4.79 Å². The number of nitrogens with one attached hydrogen (secondary N) is 1. The molecule has 110 valence electrons. The van der Waals surface area contributed by atoms with E-state index in [0.717, 1.165) is 6.42 Å². The summed E-state index contributed by atoms with van der Waals surface area (Å²) < 4.78 is 10.3. The number of carboxylic acid groups (broad SMARTS) is 1. The van der Waals surface area contributed by atoms with E-state index in [9.17, 15) is 9.59 Å². The molecule has 0 fully saturated rings. The summed E-state index contributed by atoms with van der Waals surface area (Å²) in [6.45, 7) is 3.60. The van der Waals surface area contributed by atoms with Gasteiger partial charge in [-0.05, 0) is 25.5 Å². The fraction of sp³-hybridized carbons (Fsp3) is 0.429. The molecule has 0 radical (unpaired) electrons. The highest BCUT2D eigenvalue weighted by Gasteiger charge is 2.14. The summed E-state index contributed by atoms with van der Waals surface area (Å²) >= 11 is 0. The number of methoxy groups -OCH3 is 1. The Bertz CT molecular complexity index is 486. The summed E-state index contributed by atoms with van der Waals surface area (Å²) in [6.07, 6.45) is 0.811. The van der Waals surface area contributed by atoms with Gasteiger partial charge in [-0.1, -0.05) is 6.92 Å². The SMILES string of the molecule is CC[C@@H](C)NC(=O)COc1cc(OC)ccc1C(=O)O. The molecule has 0 aliphatic rings. The van der Waals surface area contributed by atoms with Crippen LogP contribution >= 0.6 is 0 Å². The van der Waals surface area contributed by atoms with Crippen LogP contribution in [0.1, 0.15) is 30.6 Å². The predicted octanol–water partition coefficient (Wildman–Crippen LogP) is 1.69.